The van der Waals surface area contributed by atoms with Crippen molar-refractivity contribution in [2.45, 2.75) is 37.5 Å². The molecule has 0 saturated heterocycles. The highest BCUT2D eigenvalue weighted by molar-refractivity contribution is 8.04. The van der Waals surface area contributed by atoms with E-state index < -0.39 is 20.0 Å². The van der Waals surface area contributed by atoms with Crippen LogP contribution in [0.15, 0.2) is 35.2 Å². The maximum atomic E-state index is 12.7. The van der Waals surface area contributed by atoms with E-state index in [-0.39, 0.29) is 29.6 Å². The topological polar surface area (TPSA) is 126 Å². The van der Waals surface area contributed by atoms with Gasteiger partial charge in [0, 0.05) is 12.5 Å². The van der Waals surface area contributed by atoms with Crippen molar-refractivity contribution >= 4 is 20.0 Å². The first kappa shape index (κ1) is 28.5. The monoisotopic (exact) mass is 521 g/mol. The molecule has 0 fully saturated rings. The molecule has 0 bridgehead atoms. The Bertz CT molecular complexity index is 978. The lowest BCUT2D eigenvalue weighted by atomic mass is 10.2. The first-order valence-corrected chi connectivity index (χ1v) is 14.4. The fraction of sp³-hybridized carbons (Fsp3) is 0.636. The number of sulfonamides is 2. The van der Waals surface area contributed by atoms with E-state index in [2.05, 4.69) is 6.58 Å². The Hall–Kier alpha value is -1.70. The smallest absolute Gasteiger partial charge is 0.253 e. The fourth-order valence-electron chi connectivity index (χ4n) is 2.88. The van der Waals surface area contributed by atoms with Crippen LogP contribution in [0.4, 0.5) is 0 Å². The van der Waals surface area contributed by atoms with Crippen molar-refractivity contribution < 1.29 is 40.5 Å². The summed E-state index contributed by atoms with van der Waals surface area (Å²) >= 11 is 0. The summed E-state index contributed by atoms with van der Waals surface area (Å²) in [6, 6.07) is 3.97. The maximum Gasteiger partial charge on any atom is 0.253 e. The van der Waals surface area contributed by atoms with Gasteiger partial charge in [-0.15, -0.1) is 4.13 Å². The van der Waals surface area contributed by atoms with Gasteiger partial charge in [0.15, 0.2) is 11.5 Å². The molecular weight excluding hydrogens is 486 g/mol. The lowest BCUT2D eigenvalue weighted by molar-refractivity contribution is 0.00939. The highest BCUT2D eigenvalue weighted by Crippen LogP contribution is 2.31. The maximum absolute atomic E-state index is 12.7. The Morgan fingerprint density at radius 1 is 0.824 bits per heavy atom. The van der Waals surface area contributed by atoms with Crippen LogP contribution in [0.2, 0.25) is 0 Å². The van der Waals surface area contributed by atoms with Crippen LogP contribution in [0.25, 0.3) is 0 Å². The molecule has 0 atom stereocenters. The summed E-state index contributed by atoms with van der Waals surface area (Å²) in [5.74, 6) is 0.231. The Kier molecular flexibility index (Phi) is 12.3. The summed E-state index contributed by atoms with van der Waals surface area (Å²) < 4.78 is 79.4. The van der Waals surface area contributed by atoms with E-state index in [1.165, 1.54) is 18.2 Å². The summed E-state index contributed by atoms with van der Waals surface area (Å²) in [5, 5.41) is 0. The van der Waals surface area contributed by atoms with Gasteiger partial charge in [-0.3, -0.25) is 0 Å². The molecule has 1 N–H and O–H groups in total. The average Bonchev–Trinajstić information content (AvgIpc) is 2.78. The predicted molar refractivity (Wildman–Crippen MR) is 127 cm³/mol. The molecule has 12 heteroatoms. The molecule has 1 aromatic rings. The molecule has 0 unspecified atom stereocenters. The molecule has 0 aromatic heterocycles. The third-order valence-corrected chi connectivity index (χ3v) is 8.37. The van der Waals surface area contributed by atoms with E-state index in [4.69, 9.17) is 23.7 Å². The summed E-state index contributed by atoms with van der Waals surface area (Å²) in [5.41, 5.74) is 0.922. The molecule has 1 aliphatic rings. The average molecular weight is 522 g/mol. The molecule has 0 spiro atoms. The van der Waals surface area contributed by atoms with Crippen LogP contribution in [-0.4, -0.2) is 75.4 Å². The van der Waals surface area contributed by atoms with Crippen molar-refractivity contribution in [3.05, 3.63) is 30.4 Å². The molecule has 10 nitrogen and oxygen atoms in total. The first-order chi connectivity index (χ1) is 16.2. The summed E-state index contributed by atoms with van der Waals surface area (Å²) in [6.45, 7) is 8.90. The highest BCUT2D eigenvalue weighted by atomic mass is 32.3. The molecule has 194 valence electrons. The van der Waals surface area contributed by atoms with Crippen molar-refractivity contribution in [1.82, 2.24) is 4.13 Å². The number of hydrogen-bond acceptors (Lipinski definition) is 9. The van der Waals surface area contributed by atoms with Crippen LogP contribution in [-0.2, 0) is 34.3 Å². The highest BCUT2D eigenvalue weighted by Gasteiger charge is 2.24. The largest absolute Gasteiger partial charge is 0.489 e. The van der Waals surface area contributed by atoms with E-state index in [1.54, 1.807) is 4.13 Å². The van der Waals surface area contributed by atoms with Crippen molar-refractivity contribution in [3.63, 3.8) is 0 Å². The molecule has 0 saturated carbocycles. The zero-order valence-corrected chi connectivity index (χ0v) is 21.3. The quantitative estimate of drug-likeness (QED) is 0.561. The summed E-state index contributed by atoms with van der Waals surface area (Å²) in [7, 11) is -8.31. The minimum Gasteiger partial charge on any atom is -0.489 e. The standard InChI is InChI=1S/C22H35NO9S2/c1-3-4-17-33(24,25)23-34(26,27)20-5-6-21-22(18-20)31-10-8-19(2)7-9-28-11-12-29-13-14-30-15-16-32-21/h5-6,18,23H,2-4,7-17H2,1H3. The van der Waals surface area contributed by atoms with Crippen molar-refractivity contribution in [2.75, 3.05) is 58.6 Å². The van der Waals surface area contributed by atoms with Gasteiger partial charge in [0.2, 0.25) is 10.0 Å². The number of benzene rings is 1. The summed E-state index contributed by atoms with van der Waals surface area (Å²) in [6.07, 6.45) is 2.17. The van der Waals surface area contributed by atoms with Crippen molar-refractivity contribution in [2.24, 2.45) is 0 Å². The summed E-state index contributed by atoms with van der Waals surface area (Å²) in [4.78, 5) is -0.238. The SMILES string of the molecule is C=C1CCOCCOCCOCCOc2ccc(S(=O)(=O)NS(=O)(=O)CCCC)cc2OCC1. The minimum atomic E-state index is -4.32. The van der Waals surface area contributed by atoms with Gasteiger partial charge in [0.1, 0.15) is 6.61 Å². The van der Waals surface area contributed by atoms with Crippen LogP contribution in [0.5, 0.6) is 11.5 Å². The van der Waals surface area contributed by atoms with Gasteiger partial charge in [-0.25, -0.2) is 16.8 Å². The molecule has 0 radical (unpaired) electrons. The second-order valence-electron chi connectivity index (χ2n) is 7.65. The van der Waals surface area contributed by atoms with Gasteiger partial charge in [0.25, 0.3) is 10.0 Å². The third-order valence-electron chi connectivity index (χ3n) is 4.77. The Morgan fingerprint density at radius 3 is 2.09 bits per heavy atom. The van der Waals surface area contributed by atoms with Gasteiger partial charge < -0.3 is 23.7 Å². The predicted octanol–water partition coefficient (Wildman–Crippen LogP) is 2.25. The third kappa shape index (κ3) is 10.7. The van der Waals surface area contributed by atoms with Gasteiger partial charge in [-0.1, -0.05) is 25.5 Å². The molecule has 1 heterocycles. The molecule has 0 amide bonds. The van der Waals surface area contributed by atoms with E-state index >= 15 is 0 Å². The van der Waals surface area contributed by atoms with Crippen LogP contribution in [0.3, 0.4) is 0 Å². The normalized spacial score (nSPS) is 18.1. The van der Waals surface area contributed by atoms with E-state index in [1.807, 2.05) is 6.92 Å². The number of unbranched alkanes of at least 4 members (excludes halogenated alkanes) is 1. The lowest BCUT2D eigenvalue weighted by Crippen LogP contribution is -2.32. The van der Waals surface area contributed by atoms with Crippen LogP contribution in [0.1, 0.15) is 32.6 Å². The van der Waals surface area contributed by atoms with E-state index in [0.29, 0.717) is 71.1 Å². The molecule has 0 aliphatic carbocycles. The number of hydrogen-bond donors (Lipinski definition) is 1. The van der Waals surface area contributed by atoms with E-state index in [0.717, 1.165) is 5.57 Å². The number of rotatable bonds is 6. The molecule has 2 rings (SSSR count). The Morgan fingerprint density at radius 2 is 1.41 bits per heavy atom. The van der Waals surface area contributed by atoms with Crippen LogP contribution in [0, 0.1) is 0 Å². The lowest BCUT2D eigenvalue weighted by Gasteiger charge is -2.16. The zero-order chi connectivity index (χ0) is 24.9. The number of fused-ring (bicyclic) bond motifs is 1. The zero-order valence-electron chi connectivity index (χ0n) is 19.6. The van der Waals surface area contributed by atoms with Gasteiger partial charge in [-0.2, -0.15) is 0 Å². The van der Waals surface area contributed by atoms with Gasteiger partial charge >= 0.3 is 0 Å². The van der Waals surface area contributed by atoms with Crippen LogP contribution >= 0.6 is 0 Å². The van der Waals surface area contributed by atoms with Crippen molar-refractivity contribution in [3.8, 4) is 11.5 Å². The minimum absolute atomic E-state index is 0.183. The molecule has 1 aliphatic heterocycles. The second kappa shape index (κ2) is 14.6. The fourth-order valence-corrected chi connectivity index (χ4v) is 6.11. The van der Waals surface area contributed by atoms with E-state index in [9.17, 15) is 16.8 Å². The van der Waals surface area contributed by atoms with Gasteiger partial charge in [-0.05, 0) is 25.0 Å². The van der Waals surface area contributed by atoms with Crippen molar-refractivity contribution in [1.29, 1.82) is 0 Å². The Balaban J connectivity index is 2.15. The molecule has 1 aromatic carbocycles. The van der Waals surface area contributed by atoms with Crippen LogP contribution < -0.4 is 13.6 Å². The van der Waals surface area contributed by atoms with Gasteiger partial charge in [0.05, 0.1) is 56.9 Å². The first-order valence-electron chi connectivity index (χ1n) is 11.3. The Labute approximate surface area is 202 Å². The number of nitrogens with one attached hydrogen (secondary N) is 1. The number of ether oxygens (including phenoxy) is 5. The molecular formula is C22H35NO9S2. The second-order valence-corrected chi connectivity index (χ2v) is 11.4. The molecule has 34 heavy (non-hydrogen) atoms.